The van der Waals surface area contributed by atoms with Crippen LogP contribution in [0.15, 0.2) is 58.1 Å². The van der Waals surface area contributed by atoms with E-state index >= 15 is 0 Å². The number of aromatic nitrogens is 3. The van der Waals surface area contributed by atoms with Crippen molar-refractivity contribution in [2.45, 2.75) is 17.7 Å². The first-order valence-corrected chi connectivity index (χ1v) is 11.4. The first kappa shape index (κ1) is 18.2. The molecule has 0 atom stereocenters. The Balaban J connectivity index is 1.26. The van der Waals surface area contributed by atoms with E-state index < -0.39 is 0 Å². The van der Waals surface area contributed by atoms with Crippen LogP contribution in [0, 0.1) is 0 Å². The smallest absolute Gasteiger partial charge is 0.220 e. The number of hydrogen-bond donors (Lipinski definition) is 1. The topological polar surface area (TPSA) is 59.3 Å². The molecule has 0 bridgehead atoms. The minimum absolute atomic E-state index is 0.0859. The van der Waals surface area contributed by atoms with Crippen molar-refractivity contribution in [2.75, 3.05) is 12.3 Å². The van der Waals surface area contributed by atoms with Gasteiger partial charge in [0.05, 0.1) is 10.6 Å². The molecule has 0 fully saturated rings. The van der Waals surface area contributed by atoms with Gasteiger partial charge in [-0.25, -0.2) is 4.52 Å². The van der Waals surface area contributed by atoms with E-state index in [4.69, 9.17) is 0 Å². The van der Waals surface area contributed by atoms with Crippen LogP contribution in [0.3, 0.4) is 0 Å². The summed E-state index contributed by atoms with van der Waals surface area (Å²) in [7, 11) is 0. The number of rotatable bonds is 8. The van der Waals surface area contributed by atoms with E-state index in [9.17, 15) is 4.79 Å². The molecular formula is C19H18N4OS3. The Kier molecular flexibility index (Phi) is 5.86. The lowest BCUT2D eigenvalue weighted by Gasteiger charge is -2.05. The van der Waals surface area contributed by atoms with Crippen LogP contribution in [0.5, 0.6) is 0 Å². The lowest BCUT2D eigenvalue weighted by atomic mass is 10.3. The number of nitrogens with zero attached hydrogens (tertiary/aromatic N) is 3. The summed E-state index contributed by atoms with van der Waals surface area (Å²) in [5, 5.41) is 11.7. The number of benzene rings is 1. The highest BCUT2D eigenvalue weighted by molar-refractivity contribution is 7.99. The molecule has 1 aromatic carbocycles. The monoisotopic (exact) mass is 414 g/mol. The summed E-state index contributed by atoms with van der Waals surface area (Å²) >= 11 is 4.92. The molecule has 0 aliphatic rings. The molecule has 8 heteroatoms. The van der Waals surface area contributed by atoms with E-state index in [1.54, 1.807) is 34.4 Å². The van der Waals surface area contributed by atoms with Crippen LogP contribution in [0.2, 0.25) is 0 Å². The Morgan fingerprint density at radius 1 is 1.15 bits per heavy atom. The standard InChI is InChI=1S/C19H18N4OS3/c24-17(9-12-25-15-5-2-1-3-6-15)20-10-8-14-13-27-19-21-18(22-23(14)19)16-7-4-11-26-16/h1-7,11,13H,8-10,12H2,(H,20,24). The fourth-order valence-corrected chi connectivity index (χ4v) is 4.99. The highest BCUT2D eigenvalue weighted by atomic mass is 32.2. The molecule has 0 aliphatic heterocycles. The normalized spacial score (nSPS) is 11.1. The summed E-state index contributed by atoms with van der Waals surface area (Å²) in [5.74, 6) is 1.63. The zero-order chi connectivity index (χ0) is 18.5. The number of amides is 1. The third-order valence-electron chi connectivity index (χ3n) is 3.94. The Bertz CT molecular complexity index is 1010. The Labute approximate surface area is 169 Å². The summed E-state index contributed by atoms with van der Waals surface area (Å²) in [6.07, 6.45) is 1.26. The van der Waals surface area contributed by atoms with Crippen LogP contribution in [-0.2, 0) is 11.2 Å². The van der Waals surface area contributed by atoms with Gasteiger partial charge in [-0.05, 0) is 23.6 Å². The SMILES string of the molecule is O=C(CCSc1ccccc1)NCCc1csc2nc(-c3cccs3)nn12. The van der Waals surface area contributed by atoms with E-state index in [1.807, 2.05) is 40.2 Å². The predicted octanol–water partition coefficient (Wildman–Crippen LogP) is 4.36. The van der Waals surface area contributed by atoms with Crippen molar-refractivity contribution in [3.8, 4) is 10.7 Å². The summed E-state index contributed by atoms with van der Waals surface area (Å²) in [6, 6.07) is 14.2. The van der Waals surface area contributed by atoms with Gasteiger partial charge >= 0.3 is 0 Å². The molecule has 0 saturated heterocycles. The first-order chi connectivity index (χ1) is 13.3. The molecule has 138 valence electrons. The summed E-state index contributed by atoms with van der Waals surface area (Å²) in [5.41, 5.74) is 1.07. The van der Waals surface area contributed by atoms with Crippen molar-refractivity contribution in [3.63, 3.8) is 0 Å². The number of thiazole rings is 1. The van der Waals surface area contributed by atoms with Crippen molar-refractivity contribution >= 4 is 45.3 Å². The molecule has 0 spiro atoms. The average Bonchev–Trinajstić information content (AvgIpc) is 3.40. The number of nitrogens with one attached hydrogen (secondary N) is 1. The molecule has 5 nitrogen and oxygen atoms in total. The van der Waals surface area contributed by atoms with E-state index in [1.165, 1.54) is 4.90 Å². The van der Waals surface area contributed by atoms with Gasteiger partial charge in [-0.15, -0.1) is 39.5 Å². The Morgan fingerprint density at radius 2 is 2.04 bits per heavy atom. The minimum Gasteiger partial charge on any atom is -0.356 e. The summed E-state index contributed by atoms with van der Waals surface area (Å²) in [6.45, 7) is 0.606. The summed E-state index contributed by atoms with van der Waals surface area (Å²) < 4.78 is 1.89. The first-order valence-electron chi connectivity index (χ1n) is 8.61. The number of fused-ring (bicyclic) bond motifs is 1. The molecule has 3 aromatic heterocycles. The van der Waals surface area contributed by atoms with Crippen molar-refractivity contribution in [1.82, 2.24) is 19.9 Å². The summed E-state index contributed by atoms with van der Waals surface area (Å²) in [4.78, 5) is 19.8. The number of carbonyl (C=O) groups excluding carboxylic acids is 1. The molecule has 0 radical (unpaired) electrons. The molecule has 0 unspecified atom stereocenters. The van der Waals surface area contributed by atoms with Crippen molar-refractivity contribution < 1.29 is 4.79 Å². The highest BCUT2D eigenvalue weighted by Crippen LogP contribution is 2.24. The van der Waals surface area contributed by atoms with Gasteiger partial charge in [0, 0.05) is 35.4 Å². The van der Waals surface area contributed by atoms with Gasteiger partial charge in [0.25, 0.3) is 0 Å². The van der Waals surface area contributed by atoms with Crippen LogP contribution >= 0.6 is 34.4 Å². The second-order valence-corrected chi connectivity index (χ2v) is 8.80. The van der Waals surface area contributed by atoms with Gasteiger partial charge in [0.15, 0.2) is 5.82 Å². The second kappa shape index (κ2) is 8.69. The van der Waals surface area contributed by atoms with Crippen molar-refractivity contribution in [3.05, 3.63) is 58.9 Å². The van der Waals surface area contributed by atoms with E-state index in [2.05, 4.69) is 32.9 Å². The van der Waals surface area contributed by atoms with Gasteiger partial charge in [-0.2, -0.15) is 4.98 Å². The molecule has 4 aromatic rings. The van der Waals surface area contributed by atoms with Crippen LogP contribution in [0.1, 0.15) is 12.1 Å². The van der Waals surface area contributed by atoms with Crippen LogP contribution in [0.4, 0.5) is 0 Å². The molecule has 27 heavy (non-hydrogen) atoms. The quantitative estimate of drug-likeness (QED) is 0.435. The van der Waals surface area contributed by atoms with Crippen LogP contribution in [0.25, 0.3) is 15.7 Å². The molecule has 1 N–H and O–H groups in total. The number of thioether (sulfide) groups is 1. The Morgan fingerprint density at radius 3 is 2.85 bits per heavy atom. The van der Waals surface area contributed by atoms with E-state index in [0.29, 0.717) is 13.0 Å². The number of hydrogen-bond acceptors (Lipinski definition) is 6. The minimum atomic E-state index is 0.0859. The third-order valence-corrected chi connectivity index (χ3v) is 6.68. The molecule has 3 heterocycles. The van der Waals surface area contributed by atoms with E-state index in [-0.39, 0.29) is 5.91 Å². The van der Waals surface area contributed by atoms with Gasteiger partial charge < -0.3 is 5.32 Å². The maximum atomic E-state index is 12.0. The zero-order valence-electron chi connectivity index (χ0n) is 14.5. The van der Waals surface area contributed by atoms with Crippen LogP contribution < -0.4 is 5.32 Å². The van der Waals surface area contributed by atoms with Gasteiger partial charge in [0.1, 0.15) is 0 Å². The zero-order valence-corrected chi connectivity index (χ0v) is 16.9. The maximum Gasteiger partial charge on any atom is 0.220 e. The number of thiophene rings is 1. The van der Waals surface area contributed by atoms with E-state index in [0.717, 1.165) is 33.5 Å². The van der Waals surface area contributed by atoms with Gasteiger partial charge in [-0.3, -0.25) is 4.79 Å². The maximum absolute atomic E-state index is 12.0. The molecule has 0 aliphatic carbocycles. The van der Waals surface area contributed by atoms with Crippen molar-refractivity contribution in [2.24, 2.45) is 0 Å². The fraction of sp³-hybridized carbons (Fsp3) is 0.211. The fourth-order valence-electron chi connectivity index (χ4n) is 2.60. The lowest BCUT2D eigenvalue weighted by Crippen LogP contribution is -2.26. The highest BCUT2D eigenvalue weighted by Gasteiger charge is 2.12. The van der Waals surface area contributed by atoms with Gasteiger partial charge in [0.2, 0.25) is 10.9 Å². The largest absolute Gasteiger partial charge is 0.356 e. The third kappa shape index (κ3) is 4.58. The predicted molar refractivity (Wildman–Crippen MR) is 113 cm³/mol. The van der Waals surface area contributed by atoms with Gasteiger partial charge in [-0.1, -0.05) is 24.3 Å². The molecule has 0 saturated carbocycles. The molecule has 1 amide bonds. The second-order valence-electron chi connectivity index (χ2n) is 5.85. The van der Waals surface area contributed by atoms with Crippen molar-refractivity contribution in [1.29, 1.82) is 0 Å². The average molecular weight is 415 g/mol. The molecular weight excluding hydrogens is 396 g/mol. The van der Waals surface area contributed by atoms with Crippen LogP contribution in [-0.4, -0.2) is 32.8 Å². The number of carbonyl (C=O) groups is 1. The Hall–Kier alpha value is -2.16. The lowest BCUT2D eigenvalue weighted by molar-refractivity contribution is -0.120. The molecule has 4 rings (SSSR count).